The molecule has 0 amide bonds. The Morgan fingerprint density at radius 3 is 3.06 bits per heavy atom. The molecule has 1 aromatic heterocycles. The maximum atomic E-state index is 6.08. The zero-order chi connectivity index (χ0) is 12.3. The van der Waals surface area contributed by atoms with Crippen molar-refractivity contribution in [3.05, 3.63) is 19.8 Å². The van der Waals surface area contributed by atoms with E-state index in [0.717, 1.165) is 28.3 Å². The third-order valence-electron chi connectivity index (χ3n) is 3.16. The largest absolute Gasteiger partial charge is 0.378 e. The highest BCUT2D eigenvalue weighted by atomic mass is 79.9. The van der Waals surface area contributed by atoms with Crippen molar-refractivity contribution < 1.29 is 4.74 Å². The van der Waals surface area contributed by atoms with E-state index < -0.39 is 0 Å². The number of halogens is 2. The molecule has 17 heavy (non-hydrogen) atoms. The fourth-order valence-corrected chi connectivity index (χ4v) is 4.07. The van der Waals surface area contributed by atoms with Crippen LogP contribution in [0.5, 0.6) is 0 Å². The highest BCUT2D eigenvalue weighted by Gasteiger charge is 2.19. The van der Waals surface area contributed by atoms with Crippen molar-refractivity contribution in [2.45, 2.75) is 37.8 Å². The summed E-state index contributed by atoms with van der Waals surface area (Å²) >= 11 is 11.2. The molecule has 0 aromatic carbocycles. The SMILES string of the molecule is CNC(CCC1CCCO1)c1cc(Br)c(Cl)s1. The van der Waals surface area contributed by atoms with Gasteiger partial charge in [0.1, 0.15) is 4.34 Å². The predicted molar refractivity (Wildman–Crippen MR) is 77.0 cm³/mol. The number of rotatable bonds is 5. The average molecular weight is 339 g/mol. The van der Waals surface area contributed by atoms with Crippen LogP contribution in [0, 0.1) is 0 Å². The summed E-state index contributed by atoms with van der Waals surface area (Å²) < 4.78 is 7.48. The first kappa shape index (κ1) is 13.8. The van der Waals surface area contributed by atoms with Crippen LogP contribution < -0.4 is 5.32 Å². The maximum absolute atomic E-state index is 6.08. The summed E-state index contributed by atoms with van der Waals surface area (Å²) in [6.07, 6.45) is 5.12. The van der Waals surface area contributed by atoms with Crippen LogP contribution in [0.25, 0.3) is 0 Å². The second-order valence-corrected chi connectivity index (χ2v) is 6.86. The molecule has 96 valence electrons. The summed E-state index contributed by atoms with van der Waals surface area (Å²) in [5.74, 6) is 0. The van der Waals surface area contributed by atoms with Gasteiger partial charge in [-0.15, -0.1) is 11.3 Å². The van der Waals surface area contributed by atoms with Gasteiger partial charge in [-0.05, 0) is 54.7 Å². The third kappa shape index (κ3) is 3.67. The Balaban J connectivity index is 1.91. The normalized spacial score (nSPS) is 21.9. The van der Waals surface area contributed by atoms with Crippen LogP contribution in [0.1, 0.15) is 36.6 Å². The number of hydrogen-bond donors (Lipinski definition) is 1. The van der Waals surface area contributed by atoms with Crippen molar-refractivity contribution in [1.29, 1.82) is 0 Å². The van der Waals surface area contributed by atoms with Crippen LogP contribution in [0.3, 0.4) is 0 Å². The third-order valence-corrected chi connectivity index (χ3v) is 5.75. The van der Waals surface area contributed by atoms with Crippen molar-refractivity contribution in [2.75, 3.05) is 13.7 Å². The Kier molecular flexibility index (Phi) is 5.30. The van der Waals surface area contributed by atoms with E-state index in [0.29, 0.717) is 12.1 Å². The first-order valence-corrected chi connectivity index (χ1v) is 7.93. The van der Waals surface area contributed by atoms with Crippen LogP contribution in [0.4, 0.5) is 0 Å². The molecule has 2 rings (SSSR count). The van der Waals surface area contributed by atoms with Crippen LogP contribution in [0.15, 0.2) is 10.5 Å². The summed E-state index contributed by atoms with van der Waals surface area (Å²) in [7, 11) is 2.00. The topological polar surface area (TPSA) is 21.3 Å². The van der Waals surface area contributed by atoms with Gasteiger partial charge in [-0.1, -0.05) is 11.6 Å². The van der Waals surface area contributed by atoms with Gasteiger partial charge >= 0.3 is 0 Å². The van der Waals surface area contributed by atoms with Gasteiger partial charge in [-0.3, -0.25) is 0 Å². The van der Waals surface area contributed by atoms with Gasteiger partial charge in [0.15, 0.2) is 0 Å². The second-order valence-electron chi connectivity index (χ2n) is 4.32. The van der Waals surface area contributed by atoms with E-state index in [-0.39, 0.29) is 0 Å². The zero-order valence-corrected chi connectivity index (χ0v) is 13.0. The lowest BCUT2D eigenvalue weighted by Crippen LogP contribution is -2.17. The van der Waals surface area contributed by atoms with E-state index in [1.807, 2.05) is 7.05 Å². The van der Waals surface area contributed by atoms with Crippen molar-refractivity contribution in [3.8, 4) is 0 Å². The Morgan fingerprint density at radius 1 is 1.71 bits per heavy atom. The van der Waals surface area contributed by atoms with E-state index in [4.69, 9.17) is 16.3 Å². The standard InChI is InChI=1S/C12H17BrClNOS/c1-15-10(5-4-8-3-2-6-16-8)11-7-9(13)12(14)17-11/h7-8,10,15H,2-6H2,1H3. The average Bonchev–Trinajstić information content (AvgIpc) is 2.91. The fourth-order valence-electron chi connectivity index (χ4n) is 2.19. The molecule has 0 radical (unpaired) electrons. The van der Waals surface area contributed by atoms with Gasteiger partial charge in [-0.2, -0.15) is 0 Å². The number of ether oxygens (including phenoxy) is 1. The van der Waals surface area contributed by atoms with Crippen molar-refractivity contribution in [2.24, 2.45) is 0 Å². The Hall–Kier alpha value is 0.390. The van der Waals surface area contributed by atoms with Crippen LogP contribution in [-0.4, -0.2) is 19.8 Å². The van der Waals surface area contributed by atoms with Gasteiger partial charge in [0.25, 0.3) is 0 Å². The predicted octanol–water partition coefficient (Wildman–Crippen LogP) is 4.38. The number of thiophene rings is 1. The summed E-state index contributed by atoms with van der Waals surface area (Å²) in [5, 5.41) is 3.36. The van der Waals surface area contributed by atoms with Gasteiger partial charge in [0.2, 0.25) is 0 Å². The van der Waals surface area contributed by atoms with E-state index in [1.165, 1.54) is 17.7 Å². The molecule has 2 atom stereocenters. The second kappa shape index (κ2) is 6.53. The van der Waals surface area contributed by atoms with Gasteiger partial charge in [0, 0.05) is 22.0 Å². The van der Waals surface area contributed by atoms with Crippen molar-refractivity contribution in [3.63, 3.8) is 0 Å². The molecular formula is C12H17BrClNOS. The van der Waals surface area contributed by atoms with Crippen LogP contribution >= 0.6 is 38.9 Å². The molecule has 0 bridgehead atoms. The van der Waals surface area contributed by atoms with Gasteiger partial charge in [0.05, 0.1) is 6.10 Å². The minimum Gasteiger partial charge on any atom is -0.378 e. The fraction of sp³-hybridized carbons (Fsp3) is 0.667. The highest BCUT2D eigenvalue weighted by Crippen LogP contribution is 2.36. The molecule has 1 aromatic rings. The molecular weight excluding hydrogens is 322 g/mol. The highest BCUT2D eigenvalue weighted by molar-refractivity contribution is 9.10. The summed E-state index contributed by atoms with van der Waals surface area (Å²) in [4.78, 5) is 1.29. The van der Waals surface area contributed by atoms with Gasteiger partial charge < -0.3 is 10.1 Å². The molecule has 5 heteroatoms. The minimum absolute atomic E-state index is 0.382. The Labute approximate surface area is 120 Å². The van der Waals surface area contributed by atoms with E-state index >= 15 is 0 Å². The Bertz CT molecular complexity index is 346. The Morgan fingerprint density at radius 2 is 2.53 bits per heavy atom. The zero-order valence-electron chi connectivity index (χ0n) is 9.84. The van der Waals surface area contributed by atoms with Crippen LogP contribution in [-0.2, 0) is 4.74 Å². The molecule has 1 N–H and O–H groups in total. The molecule has 0 saturated carbocycles. The van der Waals surface area contributed by atoms with Crippen LogP contribution in [0.2, 0.25) is 4.34 Å². The first-order valence-electron chi connectivity index (χ1n) is 5.94. The number of hydrogen-bond acceptors (Lipinski definition) is 3. The minimum atomic E-state index is 0.382. The van der Waals surface area contributed by atoms with Crippen molar-refractivity contribution >= 4 is 38.9 Å². The molecule has 2 unspecified atom stereocenters. The molecule has 1 aliphatic heterocycles. The summed E-state index contributed by atoms with van der Waals surface area (Å²) in [6.45, 7) is 0.936. The first-order chi connectivity index (χ1) is 8.20. The lowest BCUT2D eigenvalue weighted by Gasteiger charge is -2.16. The van der Waals surface area contributed by atoms with Crippen molar-refractivity contribution in [1.82, 2.24) is 5.32 Å². The van der Waals surface area contributed by atoms with Gasteiger partial charge in [-0.25, -0.2) is 0 Å². The molecule has 1 aliphatic rings. The quantitative estimate of drug-likeness (QED) is 0.860. The molecule has 2 heterocycles. The summed E-state index contributed by atoms with van der Waals surface area (Å²) in [5.41, 5.74) is 0. The molecule has 0 spiro atoms. The number of nitrogens with one attached hydrogen (secondary N) is 1. The van der Waals surface area contributed by atoms with E-state index in [2.05, 4.69) is 27.3 Å². The molecule has 0 aliphatic carbocycles. The lowest BCUT2D eigenvalue weighted by atomic mass is 10.1. The van der Waals surface area contributed by atoms with E-state index in [1.54, 1.807) is 11.3 Å². The lowest BCUT2D eigenvalue weighted by molar-refractivity contribution is 0.0999. The molecule has 1 fully saturated rings. The smallest absolute Gasteiger partial charge is 0.107 e. The molecule has 2 nitrogen and oxygen atoms in total. The van der Waals surface area contributed by atoms with E-state index in [9.17, 15) is 0 Å². The maximum Gasteiger partial charge on any atom is 0.107 e. The summed E-state index contributed by atoms with van der Waals surface area (Å²) in [6, 6.07) is 2.50. The molecule has 1 saturated heterocycles. The monoisotopic (exact) mass is 337 g/mol.